The summed E-state index contributed by atoms with van der Waals surface area (Å²) in [7, 11) is 2.83. The molecule has 0 fully saturated rings. The number of nitrogens with zero attached hydrogens (tertiary/aromatic N) is 1. The number of fused-ring (bicyclic) bond motifs is 1. The van der Waals surface area contributed by atoms with E-state index in [2.05, 4.69) is 10.3 Å². The first-order chi connectivity index (χ1) is 12.5. The van der Waals surface area contributed by atoms with E-state index in [-0.39, 0.29) is 5.57 Å². The van der Waals surface area contributed by atoms with E-state index in [4.69, 9.17) is 21.1 Å². The Kier molecular flexibility index (Phi) is 5.23. The van der Waals surface area contributed by atoms with Crippen LogP contribution >= 0.6 is 11.6 Å². The summed E-state index contributed by atoms with van der Waals surface area (Å²) in [5, 5.41) is 3.70. The summed E-state index contributed by atoms with van der Waals surface area (Å²) in [5.74, 6) is -1.01. The van der Waals surface area contributed by atoms with E-state index in [1.807, 2.05) is 24.3 Å². The number of dihydropyridines is 1. The summed E-state index contributed by atoms with van der Waals surface area (Å²) in [6, 6.07) is 7.47. The van der Waals surface area contributed by atoms with Gasteiger partial charge in [0.05, 0.1) is 25.8 Å². The van der Waals surface area contributed by atoms with Gasteiger partial charge in [-0.1, -0.05) is 29.8 Å². The van der Waals surface area contributed by atoms with Gasteiger partial charge in [0, 0.05) is 17.3 Å². The van der Waals surface area contributed by atoms with E-state index >= 15 is 0 Å². The highest BCUT2D eigenvalue weighted by Gasteiger charge is 2.35. The molecule has 1 atom stereocenters. The number of aliphatic imine (C=N–C) groups is 1. The standard InChI is InChI=1S/C19H17ClN2O4/c1-25-13-6-3-11(4-7-13)10-21-17-14-9-12(20)5-8-15(14)22-18(23)16(17)19(24)26-2/h3-9,14,21H,10H2,1-2H3. The average molecular weight is 373 g/mol. The number of halogens is 1. The van der Waals surface area contributed by atoms with Gasteiger partial charge in [0.15, 0.2) is 0 Å². The van der Waals surface area contributed by atoms with Gasteiger partial charge in [-0.25, -0.2) is 9.79 Å². The second kappa shape index (κ2) is 7.58. The minimum absolute atomic E-state index is 0.106. The van der Waals surface area contributed by atoms with Crippen LogP contribution in [-0.4, -0.2) is 31.8 Å². The van der Waals surface area contributed by atoms with Crippen LogP contribution in [-0.2, 0) is 20.9 Å². The van der Waals surface area contributed by atoms with Crippen molar-refractivity contribution >= 4 is 29.2 Å². The predicted molar refractivity (Wildman–Crippen MR) is 97.9 cm³/mol. The van der Waals surface area contributed by atoms with Crippen LogP contribution in [0.3, 0.4) is 0 Å². The van der Waals surface area contributed by atoms with Crippen molar-refractivity contribution in [3.05, 3.63) is 64.4 Å². The second-order valence-corrected chi connectivity index (χ2v) is 6.12. The summed E-state index contributed by atoms with van der Waals surface area (Å²) in [4.78, 5) is 28.5. The number of hydrogen-bond donors (Lipinski definition) is 1. The third-order valence-corrected chi connectivity index (χ3v) is 4.37. The SMILES string of the molecule is COC(=O)C1=C(NCc2ccc(OC)cc2)C2C=C(Cl)C=CC2=NC1=O. The molecule has 0 aromatic heterocycles. The number of rotatable bonds is 5. The van der Waals surface area contributed by atoms with Crippen LogP contribution in [0.5, 0.6) is 5.75 Å². The molecule has 0 spiro atoms. The minimum Gasteiger partial charge on any atom is -0.497 e. The molecule has 0 bridgehead atoms. The highest BCUT2D eigenvalue weighted by atomic mass is 35.5. The third kappa shape index (κ3) is 3.55. The fourth-order valence-corrected chi connectivity index (χ4v) is 2.98. The molecule has 3 rings (SSSR count). The maximum atomic E-state index is 12.3. The van der Waals surface area contributed by atoms with Gasteiger partial charge in [-0.2, -0.15) is 0 Å². The summed E-state index contributed by atoms with van der Waals surface area (Å²) < 4.78 is 9.91. The zero-order chi connectivity index (χ0) is 18.7. The lowest BCUT2D eigenvalue weighted by Crippen LogP contribution is -2.35. The Balaban J connectivity index is 1.93. The number of methoxy groups -OCH3 is 2. The monoisotopic (exact) mass is 372 g/mol. The number of esters is 1. The highest BCUT2D eigenvalue weighted by Crippen LogP contribution is 2.29. The van der Waals surface area contributed by atoms with Gasteiger partial charge < -0.3 is 14.8 Å². The smallest absolute Gasteiger partial charge is 0.345 e. The van der Waals surface area contributed by atoms with Crippen molar-refractivity contribution < 1.29 is 19.1 Å². The number of amides is 1. The van der Waals surface area contributed by atoms with E-state index in [1.54, 1.807) is 25.3 Å². The number of nitrogens with one attached hydrogen (secondary N) is 1. The maximum Gasteiger partial charge on any atom is 0.345 e. The first-order valence-corrected chi connectivity index (χ1v) is 8.29. The summed E-state index contributed by atoms with van der Waals surface area (Å²) >= 11 is 6.10. The average Bonchev–Trinajstić information content (AvgIpc) is 2.66. The van der Waals surface area contributed by atoms with Crippen LogP contribution in [0.1, 0.15) is 5.56 Å². The third-order valence-electron chi connectivity index (χ3n) is 4.11. The lowest BCUT2D eigenvalue weighted by molar-refractivity contribution is -0.137. The van der Waals surface area contributed by atoms with E-state index in [0.717, 1.165) is 11.3 Å². The van der Waals surface area contributed by atoms with Gasteiger partial charge in [0.25, 0.3) is 5.91 Å². The lowest BCUT2D eigenvalue weighted by atomic mass is 9.88. The van der Waals surface area contributed by atoms with Crippen LogP contribution < -0.4 is 10.1 Å². The number of hydrogen-bond acceptors (Lipinski definition) is 5. The molecule has 7 heteroatoms. The molecule has 1 aliphatic carbocycles. The van der Waals surface area contributed by atoms with Crippen LogP contribution in [0, 0.1) is 5.92 Å². The topological polar surface area (TPSA) is 77.0 Å². The largest absolute Gasteiger partial charge is 0.497 e. The Bertz CT molecular complexity index is 866. The highest BCUT2D eigenvalue weighted by molar-refractivity contribution is 6.33. The molecule has 1 amide bonds. The number of ether oxygens (including phenoxy) is 2. The Morgan fingerprint density at radius 2 is 1.96 bits per heavy atom. The first kappa shape index (κ1) is 17.9. The summed E-state index contributed by atoms with van der Waals surface area (Å²) in [6.45, 7) is 0.409. The number of benzene rings is 1. The van der Waals surface area contributed by atoms with Gasteiger partial charge in [-0.05, 0) is 29.8 Å². The molecule has 1 aromatic rings. The maximum absolute atomic E-state index is 12.3. The molecular weight excluding hydrogens is 356 g/mol. The van der Waals surface area contributed by atoms with Crippen molar-refractivity contribution in [2.75, 3.05) is 14.2 Å². The Morgan fingerprint density at radius 1 is 1.23 bits per heavy atom. The molecule has 2 aliphatic rings. The van der Waals surface area contributed by atoms with Crippen LogP contribution in [0.2, 0.25) is 0 Å². The van der Waals surface area contributed by atoms with Crippen molar-refractivity contribution in [2.24, 2.45) is 10.9 Å². The zero-order valence-corrected chi connectivity index (χ0v) is 15.0. The molecule has 1 aromatic carbocycles. The normalized spacial score (nSPS) is 18.7. The van der Waals surface area contributed by atoms with Gasteiger partial charge >= 0.3 is 5.97 Å². The quantitative estimate of drug-likeness (QED) is 0.634. The molecule has 134 valence electrons. The predicted octanol–water partition coefficient (Wildman–Crippen LogP) is 2.50. The van der Waals surface area contributed by atoms with Crippen LogP contribution in [0.4, 0.5) is 0 Å². The Morgan fingerprint density at radius 3 is 2.62 bits per heavy atom. The summed E-state index contributed by atoms with van der Waals surface area (Å²) in [5.41, 5.74) is 1.82. The zero-order valence-electron chi connectivity index (χ0n) is 14.3. The van der Waals surface area contributed by atoms with Gasteiger partial charge in [-0.3, -0.25) is 4.79 Å². The molecule has 1 aliphatic heterocycles. The summed E-state index contributed by atoms with van der Waals surface area (Å²) in [6.07, 6.45) is 5.08. The van der Waals surface area contributed by atoms with Gasteiger partial charge in [0.1, 0.15) is 11.3 Å². The van der Waals surface area contributed by atoms with E-state index in [9.17, 15) is 9.59 Å². The van der Waals surface area contributed by atoms with E-state index in [1.165, 1.54) is 7.11 Å². The second-order valence-electron chi connectivity index (χ2n) is 5.69. The molecule has 26 heavy (non-hydrogen) atoms. The molecular formula is C19H17ClN2O4. The molecule has 1 unspecified atom stereocenters. The number of carbonyl (C=O) groups is 2. The Hall–Kier alpha value is -2.86. The van der Waals surface area contributed by atoms with Crippen LogP contribution in [0.25, 0.3) is 0 Å². The van der Waals surface area contributed by atoms with E-state index in [0.29, 0.717) is 23.0 Å². The van der Waals surface area contributed by atoms with Crippen molar-refractivity contribution in [1.82, 2.24) is 5.32 Å². The van der Waals surface area contributed by atoms with E-state index < -0.39 is 17.8 Å². The fourth-order valence-electron chi connectivity index (χ4n) is 2.79. The van der Waals surface area contributed by atoms with Gasteiger partial charge in [-0.15, -0.1) is 0 Å². The fraction of sp³-hybridized carbons (Fsp3) is 0.211. The van der Waals surface area contributed by atoms with Crippen molar-refractivity contribution in [3.63, 3.8) is 0 Å². The lowest BCUT2D eigenvalue weighted by Gasteiger charge is -2.26. The molecule has 6 nitrogen and oxygen atoms in total. The van der Waals surface area contributed by atoms with Crippen molar-refractivity contribution in [3.8, 4) is 5.75 Å². The van der Waals surface area contributed by atoms with Gasteiger partial charge in [0.2, 0.25) is 0 Å². The molecule has 1 heterocycles. The number of allylic oxidation sites excluding steroid dienone is 4. The molecule has 1 N–H and O–H groups in total. The first-order valence-electron chi connectivity index (χ1n) is 7.91. The molecule has 0 radical (unpaired) electrons. The molecule has 0 saturated heterocycles. The van der Waals surface area contributed by atoms with Crippen molar-refractivity contribution in [1.29, 1.82) is 0 Å². The Labute approximate surface area is 155 Å². The van der Waals surface area contributed by atoms with Crippen LogP contribution in [0.15, 0.2) is 63.8 Å². The number of carbonyl (C=O) groups excluding carboxylic acids is 2. The molecule has 0 saturated carbocycles. The van der Waals surface area contributed by atoms with Crippen molar-refractivity contribution in [2.45, 2.75) is 6.54 Å². The minimum atomic E-state index is -0.728.